The molecule has 6 heteroatoms. The van der Waals surface area contributed by atoms with Crippen molar-refractivity contribution in [3.05, 3.63) is 71.0 Å². The lowest BCUT2D eigenvalue weighted by atomic mass is 9.89. The predicted molar refractivity (Wildman–Crippen MR) is 112 cm³/mol. The number of carbonyl (C=O) groups excluding carboxylic acids is 1. The molecular weight excluding hydrogens is 374 g/mol. The third-order valence-corrected chi connectivity index (χ3v) is 5.55. The minimum absolute atomic E-state index is 0.0469. The van der Waals surface area contributed by atoms with Crippen molar-refractivity contribution in [2.45, 2.75) is 25.0 Å². The normalized spacial score (nSPS) is 16.9. The first-order valence-electron chi connectivity index (χ1n) is 9.49. The zero-order valence-electron chi connectivity index (χ0n) is 16.1. The summed E-state index contributed by atoms with van der Waals surface area (Å²) in [4.78, 5) is 19.1. The van der Waals surface area contributed by atoms with Crippen molar-refractivity contribution < 1.29 is 9.53 Å². The number of rotatable bonds is 7. The van der Waals surface area contributed by atoms with Gasteiger partial charge in [0.2, 0.25) is 0 Å². The van der Waals surface area contributed by atoms with Crippen LogP contribution in [0, 0.1) is 0 Å². The molecule has 0 unspecified atom stereocenters. The summed E-state index contributed by atoms with van der Waals surface area (Å²) in [6.45, 7) is 2.79. The molecule has 1 amide bonds. The monoisotopic (exact) mass is 399 g/mol. The van der Waals surface area contributed by atoms with Crippen LogP contribution in [0.5, 0.6) is 0 Å². The highest BCUT2D eigenvalue weighted by Crippen LogP contribution is 2.28. The van der Waals surface area contributed by atoms with E-state index in [1.165, 1.54) is 0 Å². The molecule has 1 aromatic carbocycles. The predicted octanol–water partition coefficient (Wildman–Crippen LogP) is 3.55. The van der Waals surface area contributed by atoms with Crippen molar-refractivity contribution in [1.29, 1.82) is 0 Å². The number of amides is 1. The number of piperidine rings is 1. The van der Waals surface area contributed by atoms with Gasteiger partial charge in [-0.1, -0.05) is 54.1 Å². The highest BCUT2D eigenvalue weighted by Gasteiger charge is 2.41. The third kappa shape index (κ3) is 5.19. The van der Waals surface area contributed by atoms with Crippen LogP contribution < -0.4 is 5.32 Å². The summed E-state index contributed by atoms with van der Waals surface area (Å²) >= 11 is 6.21. The molecule has 0 radical (unpaired) electrons. The standard InChI is InChI=1S/C22H26ClN3O2/c1-28-22(21(27)25-12-5-8-18-6-3-2-4-7-18)10-14-26(15-11-22)17-19-9-13-24-16-20(19)23/h2-9,13,16H,10-12,14-15,17H2,1H3,(H,25,27)/b8-5+. The zero-order chi connectivity index (χ0) is 19.8. The van der Waals surface area contributed by atoms with E-state index in [-0.39, 0.29) is 5.91 Å². The number of pyridine rings is 1. The molecule has 0 bridgehead atoms. The Morgan fingerprint density at radius 2 is 2.04 bits per heavy atom. The number of nitrogens with one attached hydrogen (secondary N) is 1. The first-order valence-corrected chi connectivity index (χ1v) is 9.86. The Kier molecular flexibility index (Phi) is 7.20. The first-order chi connectivity index (χ1) is 13.6. The molecule has 1 aliphatic heterocycles. The second-order valence-corrected chi connectivity index (χ2v) is 7.37. The average molecular weight is 400 g/mol. The number of carbonyl (C=O) groups is 1. The molecule has 0 saturated carbocycles. The minimum Gasteiger partial charge on any atom is -0.368 e. The number of hydrogen-bond donors (Lipinski definition) is 1. The summed E-state index contributed by atoms with van der Waals surface area (Å²) in [7, 11) is 1.62. The Labute approximate surface area is 171 Å². The van der Waals surface area contributed by atoms with Crippen LogP contribution in [0.3, 0.4) is 0 Å². The molecule has 1 aliphatic rings. The fourth-order valence-corrected chi connectivity index (χ4v) is 3.62. The zero-order valence-corrected chi connectivity index (χ0v) is 16.9. The molecule has 1 aromatic heterocycles. The van der Waals surface area contributed by atoms with Gasteiger partial charge in [-0.05, 0) is 30.0 Å². The van der Waals surface area contributed by atoms with E-state index < -0.39 is 5.60 Å². The maximum absolute atomic E-state index is 12.8. The highest BCUT2D eigenvalue weighted by molar-refractivity contribution is 6.31. The van der Waals surface area contributed by atoms with Crippen molar-refractivity contribution in [3.8, 4) is 0 Å². The van der Waals surface area contributed by atoms with Gasteiger partial charge in [-0.25, -0.2) is 0 Å². The SMILES string of the molecule is COC1(C(=O)NC/C=C/c2ccccc2)CCN(Cc2ccncc2Cl)CC1. The largest absolute Gasteiger partial charge is 0.368 e. The van der Waals surface area contributed by atoms with Crippen LogP contribution >= 0.6 is 11.6 Å². The van der Waals surface area contributed by atoms with E-state index in [2.05, 4.69) is 15.2 Å². The van der Waals surface area contributed by atoms with Crippen LogP contribution in [0.1, 0.15) is 24.0 Å². The van der Waals surface area contributed by atoms with Crippen molar-refractivity contribution >= 4 is 23.6 Å². The molecule has 2 heterocycles. The molecule has 3 rings (SSSR count). The van der Waals surface area contributed by atoms with Gasteiger partial charge >= 0.3 is 0 Å². The van der Waals surface area contributed by atoms with Crippen LogP contribution in [-0.4, -0.2) is 48.1 Å². The van der Waals surface area contributed by atoms with Gasteiger partial charge in [-0.2, -0.15) is 0 Å². The van der Waals surface area contributed by atoms with Crippen LogP contribution in [0.25, 0.3) is 6.08 Å². The van der Waals surface area contributed by atoms with Crippen molar-refractivity contribution in [2.24, 2.45) is 0 Å². The molecule has 0 atom stereocenters. The maximum Gasteiger partial charge on any atom is 0.252 e. The van der Waals surface area contributed by atoms with Gasteiger partial charge in [0.05, 0.1) is 5.02 Å². The number of likely N-dealkylation sites (tertiary alicyclic amines) is 1. The van der Waals surface area contributed by atoms with E-state index in [4.69, 9.17) is 16.3 Å². The Bertz CT molecular complexity index is 802. The molecule has 2 aromatic rings. The van der Waals surface area contributed by atoms with Crippen molar-refractivity contribution in [1.82, 2.24) is 15.2 Å². The van der Waals surface area contributed by atoms with Crippen LogP contribution in [0.15, 0.2) is 54.9 Å². The molecule has 0 spiro atoms. The maximum atomic E-state index is 12.8. The van der Waals surface area contributed by atoms with E-state index in [1.54, 1.807) is 19.5 Å². The van der Waals surface area contributed by atoms with Crippen molar-refractivity contribution in [3.63, 3.8) is 0 Å². The summed E-state index contributed by atoms with van der Waals surface area (Å²) in [5.41, 5.74) is 1.40. The number of methoxy groups -OCH3 is 1. The number of hydrogen-bond acceptors (Lipinski definition) is 4. The summed E-state index contributed by atoms with van der Waals surface area (Å²) < 4.78 is 5.68. The molecule has 1 saturated heterocycles. The second-order valence-electron chi connectivity index (χ2n) is 6.96. The molecule has 28 heavy (non-hydrogen) atoms. The van der Waals surface area contributed by atoms with Gasteiger partial charge in [0.1, 0.15) is 5.60 Å². The summed E-state index contributed by atoms with van der Waals surface area (Å²) in [6, 6.07) is 12.0. The molecule has 1 fully saturated rings. The van der Waals surface area contributed by atoms with E-state index >= 15 is 0 Å². The Hall–Kier alpha value is -2.21. The van der Waals surface area contributed by atoms with Gasteiger partial charge in [-0.15, -0.1) is 0 Å². The first kappa shape index (κ1) is 20.5. The molecular formula is C22H26ClN3O2. The number of nitrogens with zero attached hydrogens (tertiary/aromatic N) is 2. The Balaban J connectivity index is 1.50. The third-order valence-electron chi connectivity index (χ3n) is 5.21. The van der Waals surface area contributed by atoms with Gasteiger partial charge in [0, 0.05) is 45.7 Å². The number of ether oxygens (including phenoxy) is 1. The molecule has 5 nitrogen and oxygen atoms in total. The van der Waals surface area contributed by atoms with Crippen LogP contribution in [-0.2, 0) is 16.1 Å². The fourth-order valence-electron chi connectivity index (χ4n) is 3.44. The minimum atomic E-state index is -0.765. The molecule has 148 valence electrons. The van der Waals surface area contributed by atoms with Gasteiger partial charge < -0.3 is 10.1 Å². The lowest BCUT2D eigenvalue weighted by Gasteiger charge is -2.39. The molecule has 0 aliphatic carbocycles. The van der Waals surface area contributed by atoms with Crippen molar-refractivity contribution in [2.75, 3.05) is 26.7 Å². The smallest absolute Gasteiger partial charge is 0.252 e. The molecule has 1 N–H and O–H groups in total. The van der Waals surface area contributed by atoms with E-state index in [0.29, 0.717) is 24.4 Å². The highest BCUT2D eigenvalue weighted by atomic mass is 35.5. The summed E-state index contributed by atoms with van der Waals surface area (Å²) in [5, 5.41) is 3.66. The van der Waals surface area contributed by atoms with E-state index in [0.717, 1.165) is 30.8 Å². The topological polar surface area (TPSA) is 54.5 Å². The van der Waals surface area contributed by atoms with Gasteiger partial charge in [0.15, 0.2) is 0 Å². The number of aromatic nitrogens is 1. The quantitative estimate of drug-likeness (QED) is 0.773. The summed E-state index contributed by atoms with van der Waals surface area (Å²) in [5.74, 6) is -0.0469. The number of benzene rings is 1. The van der Waals surface area contributed by atoms with Gasteiger partial charge in [-0.3, -0.25) is 14.7 Å². The van der Waals surface area contributed by atoms with Crippen LogP contribution in [0.2, 0.25) is 5.02 Å². The Morgan fingerprint density at radius 1 is 1.29 bits per heavy atom. The van der Waals surface area contributed by atoms with Crippen LogP contribution in [0.4, 0.5) is 0 Å². The lowest BCUT2D eigenvalue weighted by Crippen LogP contribution is -2.54. The average Bonchev–Trinajstić information content (AvgIpc) is 2.74. The summed E-state index contributed by atoms with van der Waals surface area (Å²) in [6.07, 6.45) is 8.68. The second kappa shape index (κ2) is 9.82. The van der Waals surface area contributed by atoms with Gasteiger partial charge in [0.25, 0.3) is 5.91 Å². The lowest BCUT2D eigenvalue weighted by molar-refractivity contribution is -0.149. The fraction of sp³-hybridized carbons (Fsp3) is 0.364. The Morgan fingerprint density at radius 3 is 2.71 bits per heavy atom. The van der Waals surface area contributed by atoms with E-state index in [1.807, 2.05) is 48.6 Å². The van der Waals surface area contributed by atoms with E-state index in [9.17, 15) is 4.79 Å². The number of halogens is 1.